The van der Waals surface area contributed by atoms with Crippen molar-refractivity contribution in [2.45, 2.75) is 64.0 Å². The van der Waals surface area contributed by atoms with E-state index in [4.69, 9.17) is 9.47 Å². The number of amidine groups is 1. The van der Waals surface area contributed by atoms with E-state index in [-0.39, 0.29) is 6.04 Å². The first kappa shape index (κ1) is 24.1. The molecule has 3 aliphatic rings. The summed E-state index contributed by atoms with van der Waals surface area (Å²) in [6.07, 6.45) is 10.0. The maximum atomic E-state index is 13.5. The number of nitrogens with one attached hydrogen (secondary N) is 1. The highest BCUT2D eigenvalue weighted by atomic mass is 32.2. The zero-order valence-corrected chi connectivity index (χ0v) is 20.8. The monoisotopic (exact) mass is 502 g/mol. The fourth-order valence-electron chi connectivity index (χ4n) is 5.47. The molecule has 190 valence electrons. The highest BCUT2D eigenvalue weighted by Gasteiger charge is 2.33. The maximum absolute atomic E-state index is 13.5. The van der Waals surface area contributed by atoms with Gasteiger partial charge in [-0.3, -0.25) is 4.68 Å². The normalized spacial score (nSPS) is 18.5. The van der Waals surface area contributed by atoms with Crippen molar-refractivity contribution in [3.05, 3.63) is 40.7 Å². The van der Waals surface area contributed by atoms with Gasteiger partial charge in [-0.25, -0.2) is 4.31 Å². The molecule has 1 aliphatic heterocycles. The molecule has 1 N–H and O–H groups in total. The number of anilines is 2. The average Bonchev–Trinajstić information content (AvgIpc) is 3.59. The van der Waals surface area contributed by atoms with Crippen molar-refractivity contribution in [2.24, 2.45) is 4.40 Å². The minimum absolute atomic E-state index is 0.365. The molecule has 5 rings (SSSR count). The summed E-state index contributed by atoms with van der Waals surface area (Å²) in [7, 11) is -2.73. The molecule has 0 amide bonds. The summed E-state index contributed by atoms with van der Waals surface area (Å²) >= 11 is 0. The smallest absolute Gasteiger partial charge is 0.345 e. The first-order valence-electron chi connectivity index (χ1n) is 12.3. The van der Waals surface area contributed by atoms with E-state index < -0.39 is 16.2 Å². The Morgan fingerprint density at radius 1 is 1.23 bits per heavy atom. The molecule has 1 aromatic heterocycles. The van der Waals surface area contributed by atoms with Crippen LogP contribution in [-0.2, 0) is 51.9 Å². The van der Waals surface area contributed by atoms with Gasteiger partial charge in [-0.1, -0.05) is 6.07 Å². The number of aryl methyl sites for hydroxylation is 2. The van der Waals surface area contributed by atoms with Crippen molar-refractivity contribution < 1.29 is 23.0 Å². The lowest BCUT2D eigenvalue weighted by atomic mass is 9.99. The molecule has 1 saturated heterocycles. The van der Waals surface area contributed by atoms with Crippen LogP contribution >= 0.6 is 0 Å². The largest absolute Gasteiger partial charge is 0.845 e. The van der Waals surface area contributed by atoms with Crippen LogP contribution in [0.25, 0.3) is 0 Å². The van der Waals surface area contributed by atoms with Gasteiger partial charge in [0.1, 0.15) is 0 Å². The van der Waals surface area contributed by atoms with Crippen molar-refractivity contribution in [1.29, 1.82) is 0 Å². The van der Waals surface area contributed by atoms with Crippen LogP contribution in [0, 0.1) is 0 Å². The van der Waals surface area contributed by atoms with Gasteiger partial charge in [0, 0.05) is 32.2 Å². The number of fused-ring (bicyclic) bond motifs is 2. The van der Waals surface area contributed by atoms with Crippen LogP contribution < -0.4 is 14.7 Å². The van der Waals surface area contributed by atoms with Crippen LogP contribution in [0.1, 0.15) is 47.9 Å². The quantitative estimate of drug-likeness (QED) is 0.430. The van der Waals surface area contributed by atoms with Crippen molar-refractivity contribution in [2.75, 3.05) is 36.6 Å². The van der Waals surface area contributed by atoms with E-state index in [1.54, 1.807) is 18.0 Å². The summed E-state index contributed by atoms with van der Waals surface area (Å²) in [6.45, 7) is 1.83. The molecule has 2 aliphatic carbocycles. The summed E-state index contributed by atoms with van der Waals surface area (Å²) in [5.74, 6) is 0. The highest BCUT2D eigenvalue weighted by molar-refractivity contribution is 7.91. The molecule has 1 aromatic carbocycles. The number of methoxy groups -OCH3 is 1. The number of hydrogen-bond acceptors (Lipinski definition) is 6. The van der Waals surface area contributed by atoms with E-state index in [0.29, 0.717) is 44.9 Å². The topological polar surface area (TPSA) is 121 Å². The first-order chi connectivity index (χ1) is 17.0. The zero-order valence-electron chi connectivity index (χ0n) is 20.0. The molecule has 0 atom stereocenters. The Kier molecular flexibility index (Phi) is 6.99. The third kappa shape index (κ3) is 5.03. The number of hydrogen-bond donors (Lipinski definition) is 1. The molecule has 11 heteroatoms. The molecular weight excluding hydrogens is 470 g/mol. The third-order valence-corrected chi connectivity index (χ3v) is 8.48. The first-order valence-corrected chi connectivity index (χ1v) is 13.7. The predicted molar refractivity (Wildman–Crippen MR) is 131 cm³/mol. The summed E-state index contributed by atoms with van der Waals surface area (Å²) in [5.41, 5.74) is 5.94. The van der Waals surface area contributed by atoms with Crippen LogP contribution in [0.2, 0.25) is 0 Å². The Labute approximate surface area is 206 Å². The van der Waals surface area contributed by atoms with Gasteiger partial charge < -0.3 is 19.9 Å². The van der Waals surface area contributed by atoms with Crippen molar-refractivity contribution in [1.82, 2.24) is 9.78 Å². The third-order valence-electron chi connectivity index (χ3n) is 7.07. The van der Waals surface area contributed by atoms with Gasteiger partial charge in [0.2, 0.25) is 0 Å². The van der Waals surface area contributed by atoms with Gasteiger partial charge in [-0.2, -0.15) is 13.5 Å². The molecule has 0 spiro atoms. The number of aromatic nitrogens is 2. The van der Waals surface area contributed by atoms with Gasteiger partial charge in [-0.05, 0) is 73.6 Å². The second-order valence-electron chi connectivity index (χ2n) is 9.33. The second-order valence-corrected chi connectivity index (χ2v) is 10.8. The lowest BCUT2D eigenvalue weighted by Gasteiger charge is -2.33. The van der Waals surface area contributed by atoms with Gasteiger partial charge >= 0.3 is 10.2 Å². The fourth-order valence-corrected chi connectivity index (χ4v) is 6.76. The molecular formula is C24H32N5O5S-. The van der Waals surface area contributed by atoms with Crippen molar-refractivity contribution >= 4 is 27.6 Å². The molecule has 0 saturated carbocycles. The average molecular weight is 503 g/mol. The van der Waals surface area contributed by atoms with Crippen LogP contribution in [0.15, 0.2) is 22.9 Å². The highest BCUT2D eigenvalue weighted by Crippen LogP contribution is 2.38. The molecule has 2 aromatic rings. The summed E-state index contributed by atoms with van der Waals surface area (Å²) in [4.78, 5) is 0. The SMILES string of the molecule is COCCn1cc(N(C2CCOCC2)S(=O)(=O)/N=C(\[O-])Nc2c3c(cc4c2CCC4)CCC3)cn1. The van der Waals surface area contributed by atoms with E-state index in [9.17, 15) is 13.5 Å². The molecule has 0 bridgehead atoms. The Hall–Kier alpha value is -2.63. The predicted octanol–water partition coefficient (Wildman–Crippen LogP) is 1.57. The molecule has 1 fully saturated rings. The maximum Gasteiger partial charge on any atom is 0.345 e. The van der Waals surface area contributed by atoms with Gasteiger partial charge in [0.25, 0.3) is 0 Å². The standard InChI is InChI=1S/C24H33N5O5S/c1-33-13-10-28-16-20(15-25-28)29(19-8-11-34-12-9-19)35(31,32)27-24(30)26-23-21-6-2-4-17(21)14-18-5-3-7-22(18)23/h14-16,19H,2-13H2,1H3,(H2,26,27,30)/p-1. The van der Waals surface area contributed by atoms with Crippen LogP contribution in [0.3, 0.4) is 0 Å². The van der Waals surface area contributed by atoms with E-state index in [1.165, 1.54) is 21.6 Å². The Balaban J connectivity index is 1.45. The van der Waals surface area contributed by atoms with Gasteiger partial charge in [0.15, 0.2) is 0 Å². The molecule has 0 unspecified atom stereocenters. The minimum atomic E-state index is -4.32. The van der Waals surface area contributed by atoms with Crippen LogP contribution in [-0.4, -0.2) is 57.2 Å². The lowest BCUT2D eigenvalue weighted by Crippen LogP contribution is -2.44. The van der Waals surface area contributed by atoms with E-state index in [0.717, 1.165) is 55.3 Å². The Bertz CT molecular complexity index is 1170. The van der Waals surface area contributed by atoms with Crippen LogP contribution in [0.5, 0.6) is 0 Å². The molecule has 35 heavy (non-hydrogen) atoms. The summed E-state index contributed by atoms with van der Waals surface area (Å²) in [5, 5.41) is 20.2. The number of nitrogens with zero attached hydrogens (tertiary/aromatic N) is 4. The van der Waals surface area contributed by atoms with Crippen LogP contribution in [0.4, 0.5) is 11.4 Å². The lowest BCUT2D eigenvalue weighted by molar-refractivity contribution is -0.213. The van der Waals surface area contributed by atoms with Gasteiger partial charge in [0.05, 0.1) is 37.1 Å². The molecule has 2 heterocycles. The molecule has 0 radical (unpaired) electrons. The van der Waals surface area contributed by atoms with Crippen molar-refractivity contribution in [3.63, 3.8) is 0 Å². The molecule has 10 nitrogen and oxygen atoms in total. The number of rotatable bonds is 8. The van der Waals surface area contributed by atoms with E-state index in [1.807, 2.05) is 0 Å². The minimum Gasteiger partial charge on any atom is -0.845 e. The number of ether oxygens (including phenoxy) is 2. The van der Waals surface area contributed by atoms with Crippen molar-refractivity contribution in [3.8, 4) is 0 Å². The summed E-state index contributed by atoms with van der Waals surface area (Å²) < 4.78 is 44.1. The zero-order chi connectivity index (χ0) is 24.4. The Morgan fingerprint density at radius 2 is 1.91 bits per heavy atom. The Morgan fingerprint density at radius 3 is 2.57 bits per heavy atom. The summed E-state index contributed by atoms with van der Waals surface area (Å²) in [6, 6.07) is 1.04. The fraction of sp³-hybridized carbons (Fsp3) is 0.583. The van der Waals surface area contributed by atoms with E-state index >= 15 is 0 Å². The second kappa shape index (κ2) is 10.2. The van der Waals surface area contributed by atoms with Gasteiger partial charge in [-0.15, -0.1) is 4.40 Å². The van der Waals surface area contributed by atoms with E-state index in [2.05, 4.69) is 20.9 Å². The number of benzene rings is 1.